The summed E-state index contributed by atoms with van der Waals surface area (Å²) < 4.78 is 11.3. The van der Waals surface area contributed by atoms with Gasteiger partial charge in [0.05, 0.1) is 19.4 Å². The second-order valence-corrected chi connectivity index (χ2v) is 6.54. The molecule has 0 saturated carbocycles. The number of aliphatic imine (C=N–C) groups is 1. The van der Waals surface area contributed by atoms with Crippen molar-refractivity contribution in [2.24, 2.45) is 4.99 Å². The number of fused-ring (bicyclic) bond motifs is 1. The average molecular weight is 418 g/mol. The number of pyridine rings is 1. The minimum absolute atomic E-state index is 0.0140. The summed E-state index contributed by atoms with van der Waals surface area (Å²) in [6, 6.07) is 5.00. The maximum Gasteiger partial charge on any atom is 0.211 e. The molecule has 158 valence electrons. The second-order valence-electron chi connectivity index (χ2n) is 6.54. The van der Waals surface area contributed by atoms with E-state index in [1.807, 2.05) is 25.3 Å². The first kappa shape index (κ1) is 21.3. The molecular weight excluding hydrogens is 396 g/mol. The lowest BCUT2D eigenvalue weighted by atomic mass is 9.93. The van der Waals surface area contributed by atoms with Gasteiger partial charge in [-0.15, -0.1) is 6.58 Å². The SMILES string of the molecule is C=CCc1cc(C2N=C(NC#N)Nc3nc(N)c(C#N)c(N)c32)cc(OC)c1OCC. The number of nitrogen functional groups attached to an aromatic ring is 2. The van der Waals surface area contributed by atoms with E-state index in [-0.39, 0.29) is 23.0 Å². The largest absolute Gasteiger partial charge is 0.493 e. The summed E-state index contributed by atoms with van der Waals surface area (Å²) in [6.45, 7) is 6.17. The molecule has 31 heavy (non-hydrogen) atoms. The maximum absolute atomic E-state index is 9.48. The fraction of sp³-hybridized carbons (Fsp3) is 0.238. The molecule has 2 aromatic rings. The molecule has 1 aromatic carbocycles. The predicted octanol–water partition coefficient (Wildman–Crippen LogP) is 2.20. The molecular formula is C21H22N8O2. The van der Waals surface area contributed by atoms with Crippen LogP contribution in [0.25, 0.3) is 0 Å². The Kier molecular flexibility index (Phi) is 6.13. The molecule has 0 spiro atoms. The smallest absolute Gasteiger partial charge is 0.211 e. The summed E-state index contributed by atoms with van der Waals surface area (Å²) in [5.74, 6) is 1.60. The van der Waals surface area contributed by atoms with Gasteiger partial charge in [-0.3, -0.25) is 5.32 Å². The summed E-state index contributed by atoms with van der Waals surface area (Å²) in [5.41, 5.74) is 14.5. The Labute approximate surface area is 179 Å². The van der Waals surface area contributed by atoms with Crippen molar-refractivity contribution in [3.63, 3.8) is 0 Å². The number of nitrogens with two attached hydrogens (primary N) is 2. The van der Waals surface area contributed by atoms with Gasteiger partial charge in [-0.25, -0.2) is 9.98 Å². The van der Waals surface area contributed by atoms with Crippen LogP contribution in [-0.2, 0) is 6.42 Å². The normalized spacial score (nSPS) is 14.2. The molecule has 0 fully saturated rings. The van der Waals surface area contributed by atoms with Gasteiger partial charge in [0.25, 0.3) is 0 Å². The summed E-state index contributed by atoms with van der Waals surface area (Å²) in [6.07, 6.45) is 4.12. The monoisotopic (exact) mass is 418 g/mol. The highest BCUT2D eigenvalue weighted by molar-refractivity contribution is 5.98. The molecule has 3 rings (SSSR count). The van der Waals surface area contributed by atoms with Crippen molar-refractivity contribution in [2.75, 3.05) is 30.5 Å². The van der Waals surface area contributed by atoms with Crippen LogP contribution in [-0.4, -0.2) is 24.7 Å². The molecule has 10 heteroatoms. The third-order valence-electron chi connectivity index (χ3n) is 4.70. The van der Waals surface area contributed by atoms with Gasteiger partial charge in [0.1, 0.15) is 29.3 Å². The first-order valence-corrected chi connectivity index (χ1v) is 9.42. The van der Waals surface area contributed by atoms with Crippen LogP contribution in [0.5, 0.6) is 11.5 Å². The molecule has 0 amide bonds. The third-order valence-corrected chi connectivity index (χ3v) is 4.70. The summed E-state index contributed by atoms with van der Waals surface area (Å²) in [4.78, 5) is 8.84. The molecule has 0 bridgehead atoms. The van der Waals surface area contributed by atoms with E-state index in [0.29, 0.717) is 41.5 Å². The number of benzene rings is 1. The molecule has 1 unspecified atom stereocenters. The van der Waals surface area contributed by atoms with Gasteiger partial charge in [0, 0.05) is 11.1 Å². The number of nitriles is 2. The number of guanidine groups is 1. The van der Waals surface area contributed by atoms with Gasteiger partial charge >= 0.3 is 0 Å². The lowest BCUT2D eigenvalue weighted by Gasteiger charge is -2.27. The number of anilines is 3. The Balaban J connectivity index is 2.29. The molecule has 0 saturated heterocycles. The van der Waals surface area contributed by atoms with E-state index in [9.17, 15) is 5.26 Å². The zero-order chi connectivity index (χ0) is 22.5. The van der Waals surface area contributed by atoms with Crippen molar-refractivity contribution in [1.82, 2.24) is 10.3 Å². The van der Waals surface area contributed by atoms with Crippen molar-refractivity contribution >= 4 is 23.3 Å². The topological polar surface area (TPSA) is 167 Å². The number of allylic oxidation sites excluding steroid dienone is 1. The van der Waals surface area contributed by atoms with Gasteiger partial charge in [-0.05, 0) is 31.0 Å². The van der Waals surface area contributed by atoms with Crippen molar-refractivity contribution in [3.8, 4) is 23.8 Å². The summed E-state index contributed by atoms with van der Waals surface area (Å²) in [5, 5.41) is 23.9. The number of nitrogens with one attached hydrogen (secondary N) is 2. The fourth-order valence-electron chi connectivity index (χ4n) is 3.43. The molecule has 0 radical (unpaired) electrons. The van der Waals surface area contributed by atoms with Crippen molar-refractivity contribution in [3.05, 3.63) is 47.0 Å². The van der Waals surface area contributed by atoms with Gasteiger partial charge < -0.3 is 26.3 Å². The highest BCUT2D eigenvalue weighted by Gasteiger charge is 2.31. The maximum atomic E-state index is 9.48. The number of hydrogen-bond acceptors (Lipinski definition) is 10. The van der Waals surface area contributed by atoms with E-state index in [1.54, 1.807) is 19.3 Å². The zero-order valence-corrected chi connectivity index (χ0v) is 17.2. The fourth-order valence-corrected chi connectivity index (χ4v) is 3.43. The number of hydrogen-bond donors (Lipinski definition) is 4. The van der Waals surface area contributed by atoms with E-state index >= 15 is 0 Å². The minimum Gasteiger partial charge on any atom is -0.493 e. The molecule has 2 heterocycles. The van der Waals surface area contributed by atoms with E-state index in [2.05, 4.69) is 27.2 Å². The van der Waals surface area contributed by atoms with E-state index in [0.717, 1.165) is 5.56 Å². The highest BCUT2D eigenvalue weighted by atomic mass is 16.5. The summed E-state index contributed by atoms with van der Waals surface area (Å²) >= 11 is 0. The number of aromatic nitrogens is 1. The first-order valence-electron chi connectivity index (χ1n) is 9.42. The van der Waals surface area contributed by atoms with Crippen molar-refractivity contribution in [2.45, 2.75) is 19.4 Å². The zero-order valence-electron chi connectivity index (χ0n) is 17.2. The minimum atomic E-state index is -0.680. The Morgan fingerprint density at radius 2 is 2.13 bits per heavy atom. The lowest BCUT2D eigenvalue weighted by molar-refractivity contribution is 0.308. The van der Waals surface area contributed by atoms with Crippen LogP contribution in [0.2, 0.25) is 0 Å². The van der Waals surface area contributed by atoms with Gasteiger partial charge in [0.15, 0.2) is 17.7 Å². The van der Waals surface area contributed by atoms with Crippen LogP contribution in [0.15, 0.2) is 29.8 Å². The molecule has 0 aliphatic carbocycles. The molecule has 1 aliphatic heterocycles. The molecule has 1 atom stereocenters. The van der Waals surface area contributed by atoms with Crippen molar-refractivity contribution < 1.29 is 9.47 Å². The van der Waals surface area contributed by atoms with Crippen LogP contribution in [0.3, 0.4) is 0 Å². The average Bonchev–Trinajstić information content (AvgIpc) is 2.74. The quantitative estimate of drug-likeness (QED) is 0.312. The number of nitrogens with zero attached hydrogens (tertiary/aromatic N) is 4. The van der Waals surface area contributed by atoms with Crippen LogP contribution >= 0.6 is 0 Å². The Morgan fingerprint density at radius 1 is 1.35 bits per heavy atom. The number of methoxy groups -OCH3 is 1. The van der Waals surface area contributed by atoms with E-state index in [4.69, 9.17) is 26.2 Å². The van der Waals surface area contributed by atoms with E-state index < -0.39 is 6.04 Å². The Hall–Kier alpha value is -4.44. The Bertz CT molecular complexity index is 1140. The second kappa shape index (κ2) is 8.93. The van der Waals surface area contributed by atoms with Crippen LogP contribution < -0.4 is 31.6 Å². The van der Waals surface area contributed by atoms with Crippen LogP contribution in [0.1, 0.15) is 35.2 Å². The van der Waals surface area contributed by atoms with Crippen molar-refractivity contribution in [1.29, 1.82) is 10.5 Å². The molecule has 1 aromatic heterocycles. The summed E-state index contributed by atoms with van der Waals surface area (Å²) in [7, 11) is 1.55. The lowest BCUT2D eigenvalue weighted by Crippen LogP contribution is -2.32. The van der Waals surface area contributed by atoms with E-state index in [1.165, 1.54) is 0 Å². The molecule has 6 N–H and O–H groups in total. The standard InChI is InChI=1S/C21H22N8O2/c1-4-6-11-7-12(8-14(30-3)18(11)31-5-2)17-15-16(24)13(9-22)19(25)28-20(15)29-21(27-17)26-10-23/h4,7-8,17H,1,5-6H2,2-3H3,(H6,24,25,26,27,28,29). The predicted molar refractivity (Wildman–Crippen MR) is 117 cm³/mol. The Morgan fingerprint density at radius 3 is 2.74 bits per heavy atom. The number of ether oxygens (including phenoxy) is 2. The van der Waals surface area contributed by atoms with Crippen LogP contribution in [0, 0.1) is 22.8 Å². The highest BCUT2D eigenvalue weighted by Crippen LogP contribution is 2.43. The van der Waals surface area contributed by atoms with Crippen LogP contribution in [0.4, 0.5) is 17.3 Å². The van der Waals surface area contributed by atoms with Gasteiger partial charge in [-0.2, -0.15) is 10.5 Å². The number of rotatable bonds is 6. The van der Waals surface area contributed by atoms with Gasteiger partial charge in [0.2, 0.25) is 5.96 Å². The molecule has 10 nitrogen and oxygen atoms in total. The molecule has 1 aliphatic rings. The van der Waals surface area contributed by atoms with Gasteiger partial charge in [-0.1, -0.05) is 6.08 Å². The first-order chi connectivity index (χ1) is 15.0. The third kappa shape index (κ3) is 3.87.